The predicted octanol–water partition coefficient (Wildman–Crippen LogP) is 4.61. The van der Waals surface area contributed by atoms with Gasteiger partial charge in [-0.05, 0) is 13.3 Å². The molecule has 1 unspecified atom stereocenters. The van der Waals surface area contributed by atoms with Crippen molar-refractivity contribution in [2.45, 2.75) is 95.6 Å². The molecule has 0 aliphatic heterocycles. The van der Waals surface area contributed by atoms with E-state index in [1.165, 1.54) is 51.4 Å². The second-order valence-corrected chi connectivity index (χ2v) is 6.45. The molecule has 3 heteroatoms. The number of aliphatic hydroxyl groups is 2. The Kier molecular flexibility index (Phi) is 11.2. The van der Waals surface area contributed by atoms with Crippen molar-refractivity contribution in [3.05, 3.63) is 0 Å². The zero-order valence-corrected chi connectivity index (χ0v) is 12.9. The number of rotatable bonds is 12. The fraction of sp³-hybridized carbons (Fsp3) is 1.00. The summed E-state index contributed by atoms with van der Waals surface area (Å²) >= 11 is 5.98. The molecule has 0 saturated carbocycles. The maximum absolute atomic E-state index is 9.05. The Hall–Kier alpha value is 0.210. The lowest BCUT2D eigenvalue weighted by Gasteiger charge is -2.23. The molecule has 0 aromatic rings. The highest BCUT2D eigenvalue weighted by molar-refractivity contribution is 6.23. The molecule has 0 aromatic carbocycles. The average Bonchev–Trinajstić information content (AvgIpc) is 2.31. The van der Waals surface area contributed by atoms with Crippen LogP contribution in [0.15, 0.2) is 0 Å². The van der Waals surface area contributed by atoms with Crippen molar-refractivity contribution in [3.63, 3.8) is 0 Å². The minimum Gasteiger partial charge on any atom is -0.367 e. The smallest absolute Gasteiger partial charge is 0.170 e. The van der Waals surface area contributed by atoms with E-state index in [1.807, 2.05) is 0 Å². The second-order valence-electron chi connectivity index (χ2n) is 5.58. The van der Waals surface area contributed by atoms with Crippen molar-refractivity contribution in [2.24, 2.45) is 0 Å². The van der Waals surface area contributed by atoms with Gasteiger partial charge in [0.2, 0.25) is 0 Å². The molecule has 0 spiro atoms. The number of halogens is 1. The van der Waals surface area contributed by atoms with E-state index in [9.17, 15) is 0 Å². The van der Waals surface area contributed by atoms with E-state index in [0.717, 1.165) is 12.8 Å². The van der Waals surface area contributed by atoms with E-state index in [4.69, 9.17) is 21.8 Å². The van der Waals surface area contributed by atoms with Crippen LogP contribution < -0.4 is 0 Å². The maximum Gasteiger partial charge on any atom is 0.170 e. The minimum atomic E-state index is -1.42. The van der Waals surface area contributed by atoms with E-state index in [2.05, 4.69) is 6.92 Å². The van der Waals surface area contributed by atoms with Gasteiger partial charge in [0.25, 0.3) is 0 Å². The van der Waals surface area contributed by atoms with Crippen LogP contribution in [-0.4, -0.2) is 21.4 Å². The molecule has 0 amide bonds. The Bertz CT molecular complexity index is 181. The minimum absolute atomic E-state index is 0.669. The van der Waals surface area contributed by atoms with Crippen molar-refractivity contribution in [1.29, 1.82) is 0 Å². The predicted molar refractivity (Wildman–Crippen MR) is 78.9 cm³/mol. The summed E-state index contributed by atoms with van der Waals surface area (Å²) in [4.78, 5) is -0.875. The van der Waals surface area contributed by atoms with Crippen molar-refractivity contribution in [2.75, 3.05) is 0 Å². The molecule has 18 heavy (non-hydrogen) atoms. The van der Waals surface area contributed by atoms with Gasteiger partial charge in [0, 0.05) is 0 Å². The fourth-order valence-electron chi connectivity index (χ4n) is 2.09. The van der Waals surface area contributed by atoms with E-state index in [-0.39, 0.29) is 0 Å². The van der Waals surface area contributed by atoms with Crippen LogP contribution >= 0.6 is 11.6 Å². The molecule has 0 aromatic heterocycles. The highest BCUT2D eigenvalue weighted by Gasteiger charge is 2.27. The van der Waals surface area contributed by atoms with Gasteiger partial charge in [-0.15, -0.1) is 11.6 Å². The van der Waals surface area contributed by atoms with Gasteiger partial charge in [-0.3, -0.25) is 0 Å². The second kappa shape index (κ2) is 11.1. The summed E-state index contributed by atoms with van der Waals surface area (Å²) < 4.78 is 0. The molecule has 0 heterocycles. The summed E-state index contributed by atoms with van der Waals surface area (Å²) in [6, 6.07) is 0. The van der Waals surface area contributed by atoms with Gasteiger partial charge in [0.05, 0.1) is 4.87 Å². The van der Waals surface area contributed by atoms with Crippen LogP contribution in [-0.2, 0) is 0 Å². The first-order valence-electron chi connectivity index (χ1n) is 7.55. The lowest BCUT2D eigenvalue weighted by molar-refractivity contribution is -0.0697. The molecule has 0 bridgehead atoms. The molecular formula is C15H31ClO2. The lowest BCUT2D eigenvalue weighted by atomic mass is 10.00. The molecule has 2 nitrogen and oxygen atoms in total. The highest BCUT2D eigenvalue weighted by Crippen LogP contribution is 2.25. The number of unbranched alkanes of at least 4 members (excludes halogenated alkanes) is 9. The molecule has 0 fully saturated rings. The van der Waals surface area contributed by atoms with Crippen LogP contribution in [0.1, 0.15) is 84.5 Å². The summed E-state index contributed by atoms with van der Waals surface area (Å²) in [6.07, 6.45) is 12.1. The highest BCUT2D eigenvalue weighted by atomic mass is 35.5. The Labute approximate surface area is 118 Å². The standard InChI is InChI=1S/C15H31ClO2/c1-3-4-5-6-7-8-9-10-11-12-13-15(2,16)14(17)18/h14,17-18H,3-13H2,1-2H3. The Morgan fingerprint density at radius 2 is 1.22 bits per heavy atom. The molecule has 0 saturated heterocycles. The van der Waals surface area contributed by atoms with Gasteiger partial charge < -0.3 is 10.2 Å². The van der Waals surface area contributed by atoms with Crippen molar-refractivity contribution < 1.29 is 10.2 Å². The van der Waals surface area contributed by atoms with Crippen molar-refractivity contribution >= 4 is 11.6 Å². The largest absolute Gasteiger partial charge is 0.367 e. The van der Waals surface area contributed by atoms with E-state index >= 15 is 0 Å². The summed E-state index contributed by atoms with van der Waals surface area (Å²) in [5, 5.41) is 18.1. The average molecular weight is 279 g/mol. The molecule has 110 valence electrons. The molecule has 0 rings (SSSR count). The SMILES string of the molecule is CCCCCCCCCCCCC(C)(Cl)C(O)O. The molecule has 2 N–H and O–H groups in total. The summed E-state index contributed by atoms with van der Waals surface area (Å²) in [5.74, 6) is 0. The summed E-state index contributed by atoms with van der Waals surface area (Å²) in [7, 11) is 0. The third kappa shape index (κ3) is 10.2. The van der Waals surface area contributed by atoms with Crippen molar-refractivity contribution in [3.8, 4) is 0 Å². The Balaban J connectivity index is 3.21. The maximum atomic E-state index is 9.05. The lowest BCUT2D eigenvalue weighted by Crippen LogP contribution is -2.33. The van der Waals surface area contributed by atoms with Gasteiger partial charge in [0.15, 0.2) is 6.29 Å². The van der Waals surface area contributed by atoms with Gasteiger partial charge in [-0.1, -0.05) is 71.1 Å². The van der Waals surface area contributed by atoms with Crippen molar-refractivity contribution in [1.82, 2.24) is 0 Å². The van der Waals surface area contributed by atoms with Crippen LogP contribution in [0.4, 0.5) is 0 Å². The van der Waals surface area contributed by atoms with Crippen LogP contribution in [0.25, 0.3) is 0 Å². The normalized spacial score (nSPS) is 15.0. The first-order chi connectivity index (χ1) is 8.50. The van der Waals surface area contributed by atoms with Gasteiger partial charge in [-0.25, -0.2) is 0 Å². The molecule has 0 aliphatic rings. The monoisotopic (exact) mass is 278 g/mol. The number of alkyl halides is 1. The zero-order chi connectivity index (χ0) is 13.9. The molecule has 0 radical (unpaired) electrons. The summed E-state index contributed by atoms with van der Waals surface area (Å²) in [6.45, 7) is 3.93. The molecule has 0 aliphatic carbocycles. The van der Waals surface area contributed by atoms with Crippen LogP contribution in [0.3, 0.4) is 0 Å². The quantitative estimate of drug-likeness (QED) is 0.311. The molecular weight excluding hydrogens is 248 g/mol. The van der Waals surface area contributed by atoms with Crippen LogP contribution in [0.2, 0.25) is 0 Å². The van der Waals surface area contributed by atoms with Gasteiger partial charge in [0.1, 0.15) is 0 Å². The van der Waals surface area contributed by atoms with Gasteiger partial charge >= 0.3 is 0 Å². The first-order valence-corrected chi connectivity index (χ1v) is 7.93. The third-order valence-electron chi connectivity index (χ3n) is 3.56. The molecule has 1 atom stereocenters. The van der Waals surface area contributed by atoms with Crippen LogP contribution in [0, 0.1) is 0 Å². The van der Waals surface area contributed by atoms with Crippen LogP contribution in [0.5, 0.6) is 0 Å². The zero-order valence-electron chi connectivity index (χ0n) is 12.1. The fourth-order valence-corrected chi connectivity index (χ4v) is 2.22. The number of aliphatic hydroxyl groups excluding tert-OH is 1. The Morgan fingerprint density at radius 3 is 1.61 bits per heavy atom. The van der Waals surface area contributed by atoms with E-state index < -0.39 is 11.2 Å². The van der Waals surface area contributed by atoms with E-state index in [0.29, 0.717) is 6.42 Å². The van der Waals surface area contributed by atoms with E-state index in [1.54, 1.807) is 6.92 Å². The first kappa shape index (κ1) is 18.2. The van der Waals surface area contributed by atoms with Gasteiger partial charge in [-0.2, -0.15) is 0 Å². The Morgan fingerprint density at radius 1 is 0.833 bits per heavy atom. The summed E-state index contributed by atoms with van der Waals surface area (Å²) in [5.41, 5.74) is 0. The topological polar surface area (TPSA) is 40.5 Å². The third-order valence-corrected chi connectivity index (χ3v) is 3.94. The number of hydrogen-bond acceptors (Lipinski definition) is 2. The number of hydrogen-bond donors (Lipinski definition) is 2.